The lowest BCUT2D eigenvalue weighted by atomic mass is 9.95. The van der Waals surface area contributed by atoms with Gasteiger partial charge in [0.15, 0.2) is 5.82 Å². The lowest BCUT2D eigenvalue weighted by Crippen LogP contribution is -2.38. The number of aromatic nitrogens is 3. The first-order valence-electron chi connectivity index (χ1n) is 13.0. The summed E-state index contributed by atoms with van der Waals surface area (Å²) in [7, 11) is 0. The summed E-state index contributed by atoms with van der Waals surface area (Å²) in [5.41, 5.74) is 1.33. The molecule has 2 atom stereocenters. The zero-order chi connectivity index (χ0) is 25.7. The first kappa shape index (κ1) is 22.3. The fraction of sp³-hybridized carbons (Fsp3) is 0.379. The number of piperidine rings is 1. The molecule has 0 amide bonds. The van der Waals surface area contributed by atoms with Crippen molar-refractivity contribution in [3.63, 3.8) is 0 Å². The summed E-state index contributed by atoms with van der Waals surface area (Å²) >= 11 is 0. The van der Waals surface area contributed by atoms with Crippen LogP contribution in [0.5, 0.6) is 11.6 Å². The van der Waals surface area contributed by atoms with Gasteiger partial charge in [0.05, 0.1) is 35.9 Å². The van der Waals surface area contributed by atoms with E-state index < -0.39 is 11.6 Å². The van der Waals surface area contributed by atoms with Gasteiger partial charge in [0.25, 0.3) is 0 Å². The standard InChI is InChI=1S/C29H24F2N4O3/c1-2-17-21(30)6-3-13-7-15(36)8-18(22(13)17)26-25(31)28-24(29(33-26)38-16-11-37-12-16)27(34-35(28)14-4-5-14)23-19-9-32-10-20(19)23/h1,3,6-8,14,16,19-20,23,32,36H,4-5,9-12H2. The molecule has 0 radical (unpaired) electrons. The monoisotopic (exact) mass is 514 g/mol. The van der Waals surface area contributed by atoms with Crippen LogP contribution in [0.4, 0.5) is 8.78 Å². The Morgan fingerprint density at radius 1 is 1.13 bits per heavy atom. The maximum atomic E-state index is 16.8. The van der Waals surface area contributed by atoms with Gasteiger partial charge >= 0.3 is 0 Å². The number of halogens is 2. The van der Waals surface area contributed by atoms with Crippen LogP contribution in [0.15, 0.2) is 24.3 Å². The van der Waals surface area contributed by atoms with Crippen LogP contribution in [-0.2, 0) is 4.74 Å². The molecule has 4 fully saturated rings. The molecule has 38 heavy (non-hydrogen) atoms. The van der Waals surface area contributed by atoms with Gasteiger partial charge < -0.3 is 19.9 Å². The molecule has 4 aliphatic rings. The van der Waals surface area contributed by atoms with Gasteiger partial charge in [0.2, 0.25) is 5.88 Å². The van der Waals surface area contributed by atoms with E-state index in [-0.39, 0.29) is 40.6 Å². The molecule has 9 heteroatoms. The average molecular weight is 515 g/mol. The van der Waals surface area contributed by atoms with Gasteiger partial charge in [-0.1, -0.05) is 12.0 Å². The van der Waals surface area contributed by atoms with Crippen LogP contribution in [0.25, 0.3) is 32.9 Å². The first-order valence-corrected chi connectivity index (χ1v) is 13.0. The minimum Gasteiger partial charge on any atom is -0.508 e. The van der Waals surface area contributed by atoms with Crippen molar-refractivity contribution in [1.82, 2.24) is 20.1 Å². The molecule has 2 N–H and O–H groups in total. The van der Waals surface area contributed by atoms with Gasteiger partial charge in [-0.05, 0) is 61.4 Å². The second kappa shape index (κ2) is 7.88. The van der Waals surface area contributed by atoms with Crippen LogP contribution in [0.2, 0.25) is 0 Å². The summed E-state index contributed by atoms with van der Waals surface area (Å²) in [6, 6.07) is 5.72. The highest BCUT2D eigenvalue weighted by molar-refractivity contribution is 6.03. The molecule has 2 aliphatic heterocycles. The molecule has 7 nitrogen and oxygen atoms in total. The normalized spacial score (nSPS) is 24.4. The van der Waals surface area contributed by atoms with Crippen molar-refractivity contribution in [1.29, 1.82) is 0 Å². The molecule has 2 aliphatic carbocycles. The number of phenols is 1. The first-order chi connectivity index (χ1) is 18.5. The molecule has 2 unspecified atom stereocenters. The van der Waals surface area contributed by atoms with E-state index in [4.69, 9.17) is 26.0 Å². The van der Waals surface area contributed by atoms with Crippen LogP contribution in [-0.4, -0.2) is 52.3 Å². The van der Waals surface area contributed by atoms with Crippen LogP contribution in [0, 0.1) is 35.8 Å². The van der Waals surface area contributed by atoms with Crippen molar-refractivity contribution in [3.05, 3.63) is 47.2 Å². The predicted molar refractivity (Wildman–Crippen MR) is 136 cm³/mol. The fourth-order valence-electron chi connectivity index (χ4n) is 6.29. The summed E-state index contributed by atoms with van der Waals surface area (Å²) in [6.45, 7) is 2.68. The minimum absolute atomic E-state index is 0.0108. The van der Waals surface area contributed by atoms with Crippen LogP contribution < -0.4 is 10.1 Å². The number of terminal acetylenes is 1. The van der Waals surface area contributed by atoms with Crippen molar-refractivity contribution in [2.45, 2.75) is 30.9 Å². The third kappa shape index (κ3) is 3.14. The highest BCUT2D eigenvalue weighted by Crippen LogP contribution is 2.58. The number of aromatic hydroxyl groups is 1. The van der Waals surface area contributed by atoms with Gasteiger partial charge in [-0.3, -0.25) is 4.68 Å². The molecular formula is C29H24F2N4O3. The second-order valence-electron chi connectivity index (χ2n) is 10.8. The summed E-state index contributed by atoms with van der Waals surface area (Å²) in [5.74, 6) is 2.58. The van der Waals surface area contributed by atoms with E-state index in [1.54, 1.807) is 4.68 Å². The lowest BCUT2D eigenvalue weighted by molar-refractivity contribution is -0.0806. The van der Waals surface area contributed by atoms with Crippen LogP contribution in [0.1, 0.15) is 36.1 Å². The number of fused-ring (bicyclic) bond motifs is 3. The van der Waals surface area contributed by atoms with Gasteiger partial charge in [-0.2, -0.15) is 5.10 Å². The Morgan fingerprint density at radius 3 is 2.61 bits per heavy atom. The Morgan fingerprint density at radius 2 is 1.92 bits per heavy atom. The summed E-state index contributed by atoms with van der Waals surface area (Å²) in [5, 5.41) is 20.3. The number of phenolic OH excluding ortho intramolecular Hbond substituents is 1. The number of rotatable bonds is 5. The molecule has 0 spiro atoms. The molecule has 8 rings (SSSR count). The second-order valence-corrected chi connectivity index (χ2v) is 10.8. The number of hydrogen-bond acceptors (Lipinski definition) is 6. The predicted octanol–water partition coefficient (Wildman–Crippen LogP) is 4.26. The fourth-order valence-corrected chi connectivity index (χ4v) is 6.29. The number of pyridine rings is 1. The molecule has 2 aromatic carbocycles. The van der Waals surface area contributed by atoms with E-state index in [9.17, 15) is 9.50 Å². The van der Waals surface area contributed by atoms with E-state index in [2.05, 4.69) is 11.2 Å². The molecule has 4 heterocycles. The van der Waals surface area contributed by atoms with Crippen molar-refractivity contribution < 1.29 is 23.4 Å². The van der Waals surface area contributed by atoms with Crippen molar-refractivity contribution in [2.24, 2.45) is 11.8 Å². The number of benzene rings is 2. The zero-order valence-electron chi connectivity index (χ0n) is 20.4. The van der Waals surface area contributed by atoms with Crippen molar-refractivity contribution in [2.75, 3.05) is 26.3 Å². The molecule has 0 bridgehead atoms. The van der Waals surface area contributed by atoms with Gasteiger partial charge in [0.1, 0.15) is 28.9 Å². The zero-order valence-corrected chi connectivity index (χ0v) is 20.4. The van der Waals surface area contributed by atoms with Crippen molar-refractivity contribution >= 4 is 21.7 Å². The highest BCUT2D eigenvalue weighted by atomic mass is 19.1. The molecule has 192 valence electrons. The quantitative estimate of drug-likeness (QED) is 0.388. The number of nitrogens with one attached hydrogen (secondary N) is 1. The average Bonchev–Trinajstić information content (AvgIpc) is 3.76. The summed E-state index contributed by atoms with van der Waals surface area (Å²) in [4.78, 5) is 4.72. The molecule has 4 aromatic rings. The van der Waals surface area contributed by atoms with E-state index >= 15 is 4.39 Å². The van der Waals surface area contributed by atoms with E-state index in [1.807, 2.05) is 0 Å². The SMILES string of the molecule is C#Cc1c(F)ccc2cc(O)cc(-c3nc(OC4COC4)c4c(C5C6CNCC65)nn(C5CC5)c4c3F)c12. The molecular weight excluding hydrogens is 490 g/mol. The topological polar surface area (TPSA) is 81.4 Å². The maximum Gasteiger partial charge on any atom is 0.226 e. The Balaban J connectivity index is 1.43. The highest BCUT2D eigenvalue weighted by Gasteiger charge is 2.56. The van der Waals surface area contributed by atoms with Gasteiger partial charge in [0, 0.05) is 16.9 Å². The lowest BCUT2D eigenvalue weighted by Gasteiger charge is -2.27. The van der Waals surface area contributed by atoms with E-state index in [1.165, 1.54) is 24.3 Å². The number of hydrogen-bond donors (Lipinski definition) is 2. The third-order valence-corrected chi connectivity index (χ3v) is 8.42. The third-order valence-electron chi connectivity index (χ3n) is 8.42. The Bertz CT molecular complexity index is 1690. The number of nitrogens with zero attached hydrogens (tertiary/aromatic N) is 3. The number of ether oxygens (including phenoxy) is 2. The molecule has 2 aromatic heterocycles. The Labute approximate surface area is 216 Å². The smallest absolute Gasteiger partial charge is 0.226 e. The van der Waals surface area contributed by atoms with Gasteiger partial charge in [-0.15, -0.1) is 6.42 Å². The minimum atomic E-state index is -0.601. The van der Waals surface area contributed by atoms with E-state index in [0.717, 1.165) is 31.6 Å². The van der Waals surface area contributed by atoms with E-state index in [0.29, 0.717) is 52.6 Å². The maximum absolute atomic E-state index is 16.8. The van der Waals surface area contributed by atoms with Crippen molar-refractivity contribution in [3.8, 4) is 35.2 Å². The molecule has 2 saturated carbocycles. The summed E-state index contributed by atoms with van der Waals surface area (Å²) < 4.78 is 45.0. The van der Waals surface area contributed by atoms with Crippen LogP contribution in [0.3, 0.4) is 0 Å². The summed E-state index contributed by atoms with van der Waals surface area (Å²) in [6.07, 6.45) is 7.31. The van der Waals surface area contributed by atoms with Gasteiger partial charge in [-0.25, -0.2) is 13.8 Å². The molecule has 2 saturated heterocycles. The largest absolute Gasteiger partial charge is 0.508 e. The van der Waals surface area contributed by atoms with Crippen LogP contribution >= 0.6 is 0 Å². The Kier molecular flexibility index (Phi) is 4.62. The Hall–Kier alpha value is -3.74.